The molecule has 0 amide bonds. The second-order valence-corrected chi connectivity index (χ2v) is 2.62. The van der Waals surface area contributed by atoms with Gasteiger partial charge in [-0.05, 0) is 13.3 Å². The number of carboxylic acid groups (broad SMARTS) is 2. The van der Waals surface area contributed by atoms with E-state index in [1.165, 1.54) is 12.2 Å². The van der Waals surface area contributed by atoms with E-state index in [1.807, 2.05) is 0 Å². The molecule has 0 aliphatic carbocycles. The zero-order chi connectivity index (χ0) is 9.78. The zero-order valence-corrected chi connectivity index (χ0v) is 7.07. The molecule has 0 aliphatic rings. The second-order valence-electron chi connectivity index (χ2n) is 2.62. The number of allylic oxidation sites excluding steroid dienone is 1. The summed E-state index contributed by atoms with van der Waals surface area (Å²) >= 11 is 0. The molecule has 4 heteroatoms. The fourth-order valence-electron chi connectivity index (χ4n) is 0.588. The lowest BCUT2D eigenvalue weighted by Crippen LogP contribution is -2.34. The Hall–Kier alpha value is -1.32. The van der Waals surface area contributed by atoms with Crippen molar-refractivity contribution in [2.45, 2.75) is 20.3 Å². The van der Waals surface area contributed by atoms with Crippen molar-refractivity contribution in [3.63, 3.8) is 0 Å². The number of aliphatic carboxylic acids is 2. The fourth-order valence-corrected chi connectivity index (χ4v) is 0.588. The molecule has 0 bridgehead atoms. The van der Waals surface area contributed by atoms with E-state index < -0.39 is 17.4 Å². The highest BCUT2D eigenvalue weighted by molar-refractivity contribution is 5.99. The van der Waals surface area contributed by atoms with Gasteiger partial charge >= 0.3 is 11.9 Å². The molecule has 0 radical (unpaired) electrons. The van der Waals surface area contributed by atoms with Crippen molar-refractivity contribution in [2.24, 2.45) is 5.41 Å². The maximum Gasteiger partial charge on any atom is 0.324 e. The molecule has 68 valence electrons. The van der Waals surface area contributed by atoms with E-state index in [0.717, 1.165) is 6.92 Å². The lowest BCUT2D eigenvalue weighted by Gasteiger charge is -2.13. The molecule has 12 heavy (non-hydrogen) atoms. The van der Waals surface area contributed by atoms with Gasteiger partial charge < -0.3 is 10.2 Å². The molecule has 0 saturated heterocycles. The van der Waals surface area contributed by atoms with Gasteiger partial charge in [0.2, 0.25) is 0 Å². The van der Waals surface area contributed by atoms with Gasteiger partial charge in [0.15, 0.2) is 5.41 Å². The number of carboxylic acids is 2. The molecular weight excluding hydrogens is 160 g/mol. The van der Waals surface area contributed by atoms with Crippen molar-refractivity contribution in [1.29, 1.82) is 0 Å². The van der Waals surface area contributed by atoms with Gasteiger partial charge in [-0.3, -0.25) is 9.59 Å². The topological polar surface area (TPSA) is 74.6 Å². The summed E-state index contributed by atoms with van der Waals surface area (Å²) in [6.07, 6.45) is 3.34. The van der Waals surface area contributed by atoms with E-state index in [4.69, 9.17) is 10.2 Å². The highest BCUT2D eigenvalue weighted by atomic mass is 16.4. The van der Waals surface area contributed by atoms with E-state index >= 15 is 0 Å². The predicted octanol–water partition coefficient (Wildman–Crippen LogP) is 1.13. The lowest BCUT2D eigenvalue weighted by atomic mass is 9.90. The monoisotopic (exact) mass is 172 g/mol. The van der Waals surface area contributed by atoms with Gasteiger partial charge in [0.25, 0.3) is 0 Å². The van der Waals surface area contributed by atoms with E-state index in [2.05, 4.69) is 0 Å². The normalized spacial score (nSPS) is 11.8. The van der Waals surface area contributed by atoms with Gasteiger partial charge in [-0.2, -0.15) is 0 Å². The Labute approximate surface area is 70.5 Å². The molecular formula is C8H12O4. The van der Waals surface area contributed by atoms with E-state index in [1.54, 1.807) is 6.92 Å². The van der Waals surface area contributed by atoms with Crippen LogP contribution in [0, 0.1) is 5.41 Å². The van der Waals surface area contributed by atoms with Gasteiger partial charge in [-0.15, -0.1) is 0 Å². The van der Waals surface area contributed by atoms with E-state index in [-0.39, 0.29) is 0 Å². The highest BCUT2D eigenvalue weighted by Gasteiger charge is 2.38. The summed E-state index contributed by atoms with van der Waals surface area (Å²) in [4.78, 5) is 21.1. The summed E-state index contributed by atoms with van der Waals surface area (Å²) in [5, 5.41) is 17.2. The Morgan fingerprint density at radius 1 is 1.33 bits per heavy atom. The minimum absolute atomic E-state index is 0.621. The van der Waals surface area contributed by atoms with Crippen LogP contribution in [0.3, 0.4) is 0 Å². The molecule has 0 aromatic rings. The molecule has 0 fully saturated rings. The molecule has 0 rings (SSSR count). The molecule has 2 N–H and O–H groups in total. The fraction of sp³-hybridized carbons (Fsp3) is 0.500. The van der Waals surface area contributed by atoms with Crippen LogP contribution in [-0.4, -0.2) is 22.2 Å². The Balaban J connectivity index is 4.75. The van der Waals surface area contributed by atoms with Crippen LogP contribution < -0.4 is 0 Å². The first-order valence-corrected chi connectivity index (χ1v) is 3.59. The molecule has 0 aliphatic heterocycles. The van der Waals surface area contributed by atoms with Crippen LogP contribution in [-0.2, 0) is 9.59 Å². The minimum Gasteiger partial charge on any atom is -0.480 e. The molecule has 0 aromatic heterocycles. The van der Waals surface area contributed by atoms with Crippen molar-refractivity contribution >= 4 is 11.9 Å². The summed E-state index contributed by atoms with van der Waals surface area (Å²) in [5.74, 6) is -2.69. The van der Waals surface area contributed by atoms with Crippen LogP contribution in [0.1, 0.15) is 20.3 Å². The number of carbonyl (C=O) groups is 2. The molecule has 0 aromatic carbocycles. The van der Waals surface area contributed by atoms with Crippen molar-refractivity contribution in [2.75, 3.05) is 0 Å². The van der Waals surface area contributed by atoms with Gasteiger partial charge in [-0.1, -0.05) is 19.1 Å². The van der Waals surface area contributed by atoms with Crippen LogP contribution in [0.4, 0.5) is 0 Å². The number of hydrogen-bond donors (Lipinski definition) is 2. The van der Waals surface area contributed by atoms with E-state index in [0.29, 0.717) is 6.42 Å². The van der Waals surface area contributed by atoms with Crippen LogP contribution >= 0.6 is 0 Å². The largest absolute Gasteiger partial charge is 0.480 e. The van der Waals surface area contributed by atoms with Crippen molar-refractivity contribution < 1.29 is 19.8 Å². The SMILES string of the molecule is CC/C=C/C(C)(C(=O)O)C(=O)O. The third-order valence-electron chi connectivity index (χ3n) is 1.58. The highest BCUT2D eigenvalue weighted by Crippen LogP contribution is 2.19. The average Bonchev–Trinajstić information content (AvgIpc) is 1.99. The van der Waals surface area contributed by atoms with Crippen molar-refractivity contribution in [3.8, 4) is 0 Å². The molecule has 0 saturated carbocycles. The molecule has 0 unspecified atom stereocenters. The smallest absolute Gasteiger partial charge is 0.324 e. The number of rotatable bonds is 4. The summed E-state index contributed by atoms with van der Waals surface area (Å²) in [7, 11) is 0. The van der Waals surface area contributed by atoms with Crippen molar-refractivity contribution in [1.82, 2.24) is 0 Å². The zero-order valence-electron chi connectivity index (χ0n) is 7.07. The van der Waals surface area contributed by atoms with Crippen LogP contribution in [0.15, 0.2) is 12.2 Å². The van der Waals surface area contributed by atoms with Crippen molar-refractivity contribution in [3.05, 3.63) is 12.2 Å². The maximum atomic E-state index is 10.5. The first-order valence-electron chi connectivity index (χ1n) is 3.59. The van der Waals surface area contributed by atoms with Gasteiger partial charge in [-0.25, -0.2) is 0 Å². The van der Waals surface area contributed by atoms with Gasteiger partial charge in [0, 0.05) is 0 Å². The van der Waals surface area contributed by atoms with Gasteiger partial charge in [0.1, 0.15) is 0 Å². The Morgan fingerprint density at radius 3 is 2.00 bits per heavy atom. The first kappa shape index (κ1) is 10.7. The van der Waals surface area contributed by atoms with Crippen LogP contribution in [0.25, 0.3) is 0 Å². The summed E-state index contributed by atoms with van der Waals surface area (Å²) in [6, 6.07) is 0. The first-order chi connectivity index (χ1) is 5.45. The predicted molar refractivity (Wildman–Crippen MR) is 42.8 cm³/mol. The average molecular weight is 172 g/mol. The Kier molecular flexibility index (Phi) is 3.47. The Morgan fingerprint density at radius 2 is 1.75 bits per heavy atom. The van der Waals surface area contributed by atoms with Gasteiger partial charge in [0.05, 0.1) is 0 Å². The quantitative estimate of drug-likeness (QED) is 0.492. The Bertz CT molecular complexity index is 203. The lowest BCUT2D eigenvalue weighted by molar-refractivity contribution is -0.159. The number of hydrogen-bond acceptors (Lipinski definition) is 2. The molecule has 0 spiro atoms. The molecule has 4 nitrogen and oxygen atoms in total. The van der Waals surface area contributed by atoms with E-state index in [9.17, 15) is 9.59 Å². The standard InChI is InChI=1S/C8H12O4/c1-3-4-5-8(2,6(9)10)7(11)12/h4-5H,3H2,1-2H3,(H,9,10)(H,11,12)/b5-4+. The third kappa shape index (κ3) is 2.08. The third-order valence-corrected chi connectivity index (χ3v) is 1.58. The summed E-state index contributed by atoms with van der Waals surface area (Å²) in [6.45, 7) is 2.96. The summed E-state index contributed by atoms with van der Waals surface area (Å²) in [5.41, 5.74) is -1.80. The second kappa shape index (κ2) is 3.90. The maximum absolute atomic E-state index is 10.5. The van der Waals surface area contributed by atoms with Crippen LogP contribution in [0.5, 0.6) is 0 Å². The molecule has 0 atom stereocenters. The molecule has 0 heterocycles. The summed E-state index contributed by atoms with van der Waals surface area (Å²) < 4.78 is 0. The minimum atomic E-state index is -1.80. The van der Waals surface area contributed by atoms with Crippen LogP contribution in [0.2, 0.25) is 0 Å².